The molecule has 1 unspecified atom stereocenters. The smallest absolute Gasteiger partial charge is 0.262 e. The molecule has 0 radical (unpaired) electrons. The topological polar surface area (TPSA) is 71.0 Å². The van der Waals surface area contributed by atoms with Crippen molar-refractivity contribution in [3.8, 4) is 5.75 Å². The van der Waals surface area contributed by atoms with Gasteiger partial charge in [0, 0.05) is 17.0 Å². The van der Waals surface area contributed by atoms with Gasteiger partial charge in [0.15, 0.2) is 0 Å². The van der Waals surface area contributed by atoms with Crippen LogP contribution in [0, 0.1) is 0 Å². The van der Waals surface area contributed by atoms with Crippen molar-refractivity contribution >= 4 is 40.5 Å². The summed E-state index contributed by atoms with van der Waals surface area (Å²) in [6.07, 6.45) is 0.515. The van der Waals surface area contributed by atoms with Crippen LogP contribution >= 0.6 is 22.9 Å². The van der Waals surface area contributed by atoms with Crippen LogP contribution in [0.25, 0.3) is 0 Å². The maximum absolute atomic E-state index is 13.0. The minimum atomic E-state index is -0.302. The number of hydrogen-bond donors (Lipinski definition) is 1. The first-order valence-electron chi connectivity index (χ1n) is 9.67. The minimum Gasteiger partial charge on any atom is -0.497 e. The quantitative estimate of drug-likeness (QED) is 0.596. The molecule has 4 rings (SSSR count). The molecular formula is C23H20ClN3O3S. The molecule has 1 N–H and O–H groups in total. The summed E-state index contributed by atoms with van der Waals surface area (Å²) in [7, 11) is 1.61. The van der Waals surface area contributed by atoms with Crippen molar-refractivity contribution in [1.29, 1.82) is 0 Å². The highest BCUT2D eigenvalue weighted by atomic mass is 35.5. The van der Waals surface area contributed by atoms with E-state index in [1.54, 1.807) is 25.3 Å². The van der Waals surface area contributed by atoms with Crippen LogP contribution in [0.3, 0.4) is 0 Å². The van der Waals surface area contributed by atoms with Gasteiger partial charge in [0.2, 0.25) is 0 Å². The number of nitrogens with zero attached hydrogens (tertiary/aromatic N) is 2. The molecule has 0 bridgehead atoms. The molecule has 0 spiro atoms. The number of amides is 2. The first-order chi connectivity index (χ1) is 15.1. The zero-order chi connectivity index (χ0) is 21.8. The number of rotatable bonds is 6. The first-order valence-corrected chi connectivity index (χ1v) is 10.9. The Labute approximate surface area is 189 Å². The van der Waals surface area contributed by atoms with Gasteiger partial charge in [0.05, 0.1) is 30.3 Å². The molecule has 0 saturated heterocycles. The second-order valence-electron chi connectivity index (χ2n) is 6.92. The summed E-state index contributed by atoms with van der Waals surface area (Å²) in [6.45, 7) is -0.150. The molecular weight excluding hydrogens is 434 g/mol. The summed E-state index contributed by atoms with van der Waals surface area (Å²) in [5.74, 6) is 0.154. The number of thiophene rings is 1. The fourth-order valence-electron chi connectivity index (χ4n) is 3.42. The highest BCUT2D eigenvalue weighted by Gasteiger charge is 2.33. The van der Waals surface area contributed by atoms with Gasteiger partial charge in [-0.2, -0.15) is 5.10 Å². The highest BCUT2D eigenvalue weighted by Crippen LogP contribution is 2.35. The minimum absolute atomic E-state index is 0.150. The first kappa shape index (κ1) is 21.1. The van der Waals surface area contributed by atoms with Crippen molar-refractivity contribution < 1.29 is 14.3 Å². The molecule has 6 nitrogen and oxygen atoms in total. The SMILES string of the molecule is COc1ccc(C2CC(c3ccccc3Cl)=NN2C(=O)CNC(=O)c2cccs2)cc1. The summed E-state index contributed by atoms with van der Waals surface area (Å²) in [6, 6.07) is 18.2. The van der Waals surface area contributed by atoms with Crippen LogP contribution in [0.15, 0.2) is 71.1 Å². The summed E-state index contributed by atoms with van der Waals surface area (Å²) in [5.41, 5.74) is 2.44. The van der Waals surface area contributed by atoms with E-state index < -0.39 is 0 Å². The van der Waals surface area contributed by atoms with Gasteiger partial charge in [-0.25, -0.2) is 5.01 Å². The van der Waals surface area contributed by atoms with Crippen molar-refractivity contribution in [3.05, 3.63) is 87.1 Å². The van der Waals surface area contributed by atoms with Gasteiger partial charge < -0.3 is 10.1 Å². The number of hydrazone groups is 1. The summed E-state index contributed by atoms with van der Waals surface area (Å²) in [5, 5.41) is 11.1. The van der Waals surface area contributed by atoms with E-state index in [1.165, 1.54) is 16.3 Å². The molecule has 0 fully saturated rings. The van der Waals surface area contributed by atoms with E-state index in [2.05, 4.69) is 10.4 Å². The summed E-state index contributed by atoms with van der Waals surface area (Å²) in [4.78, 5) is 25.8. The molecule has 3 aromatic rings. The Morgan fingerprint density at radius 3 is 2.61 bits per heavy atom. The second-order valence-corrected chi connectivity index (χ2v) is 8.27. The zero-order valence-electron chi connectivity index (χ0n) is 16.7. The van der Waals surface area contributed by atoms with E-state index in [0.717, 1.165) is 22.6 Å². The lowest BCUT2D eigenvalue weighted by atomic mass is 9.98. The number of nitrogens with one attached hydrogen (secondary N) is 1. The summed E-state index contributed by atoms with van der Waals surface area (Å²) >= 11 is 7.69. The van der Waals surface area contributed by atoms with Crippen LogP contribution in [-0.4, -0.2) is 36.2 Å². The predicted octanol–water partition coefficient (Wildman–Crippen LogP) is 4.52. The Morgan fingerprint density at radius 1 is 1.16 bits per heavy atom. The zero-order valence-corrected chi connectivity index (χ0v) is 18.3. The molecule has 8 heteroatoms. The molecule has 1 atom stereocenters. The molecule has 1 aromatic heterocycles. The van der Waals surface area contributed by atoms with E-state index >= 15 is 0 Å². The normalized spacial score (nSPS) is 15.5. The molecule has 0 saturated carbocycles. The number of carbonyl (C=O) groups is 2. The van der Waals surface area contributed by atoms with Crippen LogP contribution in [0.1, 0.15) is 33.3 Å². The Kier molecular flexibility index (Phi) is 6.34. The third-order valence-corrected chi connectivity index (χ3v) is 6.19. The number of ether oxygens (including phenoxy) is 1. The van der Waals surface area contributed by atoms with Crippen LogP contribution < -0.4 is 10.1 Å². The lowest BCUT2D eigenvalue weighted by Crippen LogP contribution is -2.37. The lowest BCUT2D eigenvalue weighted by Gasteiger charge is -2.22. The van der Waals surface area contributed by atoms with Crippen LogP contribution in [0.4, 0.5) is 0 Å². The Balaban J connectivity index is 1.58. The number of halogens is 1. The van der Waals surface area contributed by atoms with Gasteiger partial charge in [-0.05, 0) is 35.2 Å². The molecule has 2 heterocycles. The fourth-order valence-corrected chi connectivity index (χ4v) is 4.30. The number of methoxy groups -OCH3 is 1. The predicted molar refractivity (Wildman–Crippen MR) is 122 cm³/mol. The number of benzene rings is 2. The van der Waals surface area contributed by atoms with Crippen LogP contribution in [0.2, 0.25) is 5.02 Å². The highest BCUT2D eigenvalue weighted by molar-refractivity contribution is 7.12. The molecule has 1 aliphatic heterocycles. The van der Waals surface area contributed by atoms with Gasteiger partial charge in [-0.3, -0.25) is 9.59 Å². The number of carbonyl (C=O) groups excluding carboxylic acids is 2. The van der Waals surface area contributed by atoms with Gasteiger partial charge in [0.1, 0.15) is 5.75 Å². The molecule has 31 heavy (non-hydrogen) atoms. The van der Waals surface area contributed by atoms with E-state index in [4.69, 9.17) is 16.3 Å². The van der Waals surface area contributed by atoms with E-state index in [0.29, 0.717) is 16.3 Å². The Bertz CT molecular complexity index is 1110. The fraction of sp³-hybridized carbons (Fsp3) is 0.174. The van der Waals surface area contributed by atoms with Gasteiger partial charge in [-0.15, -0.1) is 11.3 Å². The van der Waals surface area contributed by atoms with Crippen molar-refractivity contribution in [2.45, 2.75) is 12.5 Å². The van der Waals surface area contributed by atoms with Crippen molar-refractivity contribution in [1.82, 2.24) is 10.3 Å². The summed E-state index contributed by atoms with van der Waals surface area (Å²) < 4.78 is 5.24. The standard InChI is InChI=1S/C23H20ClN3O3S/c1-30-16-10-8-15(9-11-16)20-13-19(17-5-2-3-6-18(17)24)26-27(20)22(28)14-25-23(29)21-7-4-12-31-21/h2-12,20H,13-14H2,1H3,(H,25,29). The average Bonchev–Trinajstić information content (AvgIpc) is 3.48. The van der Waals surface area contributed by atoms with Crippen LogP contribution in [0.5, 0.6) is 5.75 Å². The molecule has 158 valence electrons. The lowest BCUT2D eigenvalue weighted by molar-refractivity contribution is -0.131. The van der Waals surface area contributed by atoms with E-state index in [1.807, 2.05) is 47.8 Å². The van der Waals surface area contributed by atoms with Crippen molar-refractivity contribution in [3.63, 3.8) is 0 Å². The Hall–Kier alpha value is -3.16. The maximum Gasteiger partial charge on any atom is 0.262 e. The average molecular weight is 454 g/mol. The van der Waals surface area contributed by atoms with Gasteiger partial charge >= 0.3 is 0 Å². The molecule has 2 aromatic carbocycles. The maximum atomic E-state index is 13.0. The third kappa shape index (κ3) is 4.62. The monoisotopic (exact) mass is 453 g/mol. The van der Waals surface area contributed by atoms with Gasteiger partial charge in [0.25, 0.3) is 11.8 Å². The number of hydrogen-bond acceptors (Lipinski definition) is 5. The second kappa shape index (κ2) is 9.32. The van der Waals surface area contributed by atoms with Gasteiger partial charge in [-0.1, -0.05) is 48.0 Å². The third-order valence-electron chi connectivity index (χ3n) is 5.00. The Morgan fingerprint density at radius 2 is 1.94 bits per heavy atom. The van der Waals surface area contributed by atoms with Crippen molar-refractivity contribution in [2.24, 2.45) is 5.10 Å². The van der Waals surface area contributed by atoms with Crippen LogP contribution in [-0.2, 0) is 4.79 Å². The molecule has 1 aliphatic rings. The van der Waals surface area contributed by atoms with E-state index in [9.17, 15) is 9.59 Å². The largest absolute Gasteiger partial charge is 0.497 e. The molecule has 0 aliphatic carbocycles. The van der Waals surface area contributed by atoms with E-state index in [-0.39, 0.29) is 24.4 Å². The van der Waals surface area contributed by atoms with Crippen molar-refractivity contribution in [2.75, 3.05) is 13.7 Å². The molecule has 2 amide bonds.